The fraction of sp³-hybridized carbons (Fsp3) is 0.500. The average Bonchev–Trinajstić information content (AvgIpc) is 2.33. The van der Waals surface area contributed by atoms with E-state index >= 15 is 0 Å². The van der Waals surface area contributed by atoms with Gasteiger partial charge < -0.3 is 4.90 Å². The molecule has 1 aliphatic rings. The lowest BCUT2D eigenvalue weighted by Crippen LogP contribution is -2.42. The maximum absolute atomic E-state index is 13.2. The third-order valence-corrected chi connectivity index (χ3v) is 3.56. The Balaban J connectivity index is 2.30. The van der Waals surface area contributed by atoms with E-state index in [1.165, 1.54) is 0 Å². The number of amides is 1. The lowest BCUT2D eigenvalue weighted by Gasteiger charge is -2.33. The summed E-state index contributed by atoms with van der Waals surface area (Å²) in [5, 5.41) is 0. The van der Waals surface area contributed by atoms with Crippen LogP contribution in [0.15, 0.2) is 12.1 Å². The molecule has 0 N–H and O–H groups in total. The minimum absolute atomic E-state index is 0.166. The maximum atomic E-state index is 13.2. The zero-order valence-electron chi connectivity index (χ0n) is 10.7. The Kier molecular flexibility index (Phi) is 3.64. The van der Waals surface area contributed by atoms with E-state index in [-0.39, 0.29) is 17.5 Å². The third kappa shape index (κ3) is 2.37. The predicted octanol–water partition coefficient (Wildman–Crippen LogP) is 3.29. The first kappa shape index (κ1) is 13.0. The van der Waals surface area contributed by atoms with E-state index in [1.807, 2.05) is 6.92 Å². The fourth-order valence-corrected chi connectivity index (χ4v) is 2.43. The summed E-state index contributed by atoms with van der Waals surface area (Å²) in [5.74, 6) is -2.07. The van der Waals surface area contributed by atoms with E-state index in [0.29, 0.717) is 12.1 Å². The van der Waals surface area contributed by atoms with Gasteiger partial charge in [-0.15, -0.1) is 0 Å². The minimum atomic E-state index is -0.964. The minimum Gasteiger partial charge on any atom is -0.336 e. The Morgan fingerprint density at radius 2 is 1.94 bits per heavy atom. The number of nitrogens with zero attached hydrogens (tertiary/aromatic N) is 1. The van der Waals surface area contributed by atoms with Gasteiger partial charge in [-0.3, -0.25) is 4.79 Å². The van der Waals surface area contributed by atoms with Crippen molar-refractivity contribution in [3.05, 3.63) is 34.9 Å². The average molecular weight is 253 g/mol. The molecular weight excluding hydrogens is 236 g/mol. The monoisotopic (exact) mass is 253 g/mol. The van der Waals surface area contributed by atoms with Crippen molar-refractivity contribution in [1.82, 2.24) is 4.90 Å². The molecule has 1 aromatic carbocycles. The summed E-state index contributed by atoms with van der Waals surface area (Å²) in [7, 11) is 0. The molecule has 1 fully saturated rings. The molecular formula is C14H17F2NO. The molecule has 98 valence electrons. The fourth-order valence-electron chi connectivity index (χ4n) is 2.43. The number of piperidine rings is 1. The largest absolute Gasteiger partial charge is 0.336 e. The molecule has 0 saturated carbocycles. The van der Waals surface area contributed by atoms with Crippen LogP contribution in [-0.2, 0) is 0 Å². The van der Waals surface area contributed by atoms with E-state index in [4.69, 9.17) is 0 Å². The predicted molar refractivity (Wildman–Crippen MR) is 65.4 cm³/mol. The van der Waals surface area contributed by atoms with Gasteiger partial charge in [-0.1, -0.05) is 0 Å². The van der Waals surface area contributed by atoms with Gasteiger partial charge in [-0.25, -0.2) is 8.78 Å². The van der Waals surface area contributed by atoms with E-state index < -0.39 is 11.6 Å². The summed E-state index contributed by atoms with van der Waals surface area (Å²) in [6.45, 7) is 4.31. The second-order valence-electron chi connectivity index (χ2n) is 4.92. The van der Waals surface area contributed by atoms with Crippen LogP contribution in [0.1, 0.15) is 42.1 Å². The molecule has 4 heteroatoms. The summed E-state index contributed by atoms with van der Waals surface area (Å²) in [5.41, 5.74) is 0.749. The van der Waals surface area contributed by atoms with Gasteiger partial charge in [0.15, 0.2) is 11.6 Å². The highest BCUT2D eigenvalue weighted by Gasteiger charge is 2.25. The van der Waals surface area contributed by atoms with Gasteiger partial charge in [0, 0.05) is 18.2 Å². The molecule has 0 aromatic heterocycles. The van der Waals surface area contributed by atoms with Crippen molar-refractivity contribution in [3.63, 3.8) is 0 Å². The summed E-state index contributed by atoms with van der Waals surface area (Å²) >= 11 is 0. The lowest BCUT2D eigenvalue weighted by molar-refractivity contribution is 0.0634. The Morgan fingerprint density at radius 1 is 1.28 bits per heavy atom. The van der Waals surface area contributed by atoms with Crippen molar-refractivity contribution in [2.75, 3.05) is 6.54 Å². The molecule has 2 nitrogen and oxygen atoms in total. The Morgan fingerprint density at radius 3 is 2.61 bits per heavy atom. The number of hydrogen-bond donors (Lipinski definition) is 0. The molecule has 1 unspecified atom stereocenters. The van der Waals surface area contributed by atoms with Crippen molar-refractivity contribution in [3.8, 4) is 0 Å². The molecule has 2 rings (SSSR count). The van der Waals surface area contributed by atoms with Crippen LogP contribution in [0.5, 0.6) is 0 Å². The molecule has 0 radical (unpaired) electrons. The Hall–Kier alpha value is -1.45. The highest BCUT2D eigenvalue weighted by atomic mass is 19.2. The molecule has 0 aliphatic carbocycles. The van der Waals surface area contributed by atoms with Gasteiger partial charge in [0.2, 0.25) is 0 Å². The van der Waals surface area contributed by atoms with Crippen LogP contribution in [0.4, 0.5) is 8.78 Å². The van der Waals surface area contributed by atoms with Crippen molar-refractivity contribution in [2.24, 2.45) is 0 Å². The summed E-state index contributed by atoms with van der Waals surface area (Å²) in [4.78, 5) is 14.1. The number of aryl methyl sites for hydroxylation is 1. The third-order valence-electron chi connectivity index (χ3n) is 3.56. The molecule has 0 spiro atoms. The van der Waals surface area contributed by atoms with Crippen molar-refractivity contribution in [1.29, 1.82) is 0 Å². The normalized spacial score (nSPS) is 20.0. The second-order valence-corrected chi connectivity index (χ2v) is 4.92. The van der Waals surface area contributed by atoms with E-state index in [2.05, 4.69) is 0 Å². The first-order valence-corrected chi connectivity index (χ1v) is 6.27. The van der Waals surface area contributed by atoms with Gasteiger partial charge in [0.1, 0.15) is 0 Å². The number of halogens is 2. The molecule has 0 bridgehead atoms. The van der Waals surface area contributed by atoms with Crippen molar-refractivity contribution < 1.29 is 13.6 Å². The summed E-state index contributed by atoms with van der Waals surface area (Å²) in [6, 6.07) is 2.25. The van der Waals surface area contributed by atoms with Crippen LogP contribution < -0.4 is 0 Å². The Bertz CT molecular complexity index is 473. The van der Waals surface area contributed by atoms with Gasteiger partial charge in [-0.05, 0) is 50.8 Å². The van der Waals surface area contributed by atoms with Crippen LogP contribution in [0.25, 0.3) is 0 Å². The number of carbonyl (C=O) groups is 1. The molecule has 1 saturated heterocycles. The summed E-state index contributed by atoms with van der Waals surface area (Å²) < 4.78 is 26.3. The molecule has 1 heterocycles. The molecule has 18 heavy (non-hydrogen) atoms. The van der Waals surface area contributed by atoms with Gasteiger partial charge in [0.25, 0.3) is 5.91 Å². The van der Waals surface area contributed by atoms with Crippen LogP contribution in [0.2, 0.25) is 0 Å². The van der Waals surface area contributed by atoms with E-state index in [0.717, 1.165) is 31.4 Å². The topological polar surface area (TPSA) is 20.3 Å². The highest BCUT2D eigenvalue weighted by Crippen LogP contribution is 2.22. The van der Waals surface area contributed by atoms with Crippen LogP contribution in [-0.4, -0.2) is 23.4 Å². The zero-order valence-corrected chi connectivity index (χ0v) is 10.7. The second kappa shape index (κ2) is 5.04. The molecule has 1 atom stereocenters. The quantitative estimate of drug-likeness (QED) is 0.752. The molecule has 1 aliphatic heterocycles. The number of likely N-dealkylation sites (tertiary alicyclic amines) is 1. The first-order valence-electron chi connectivity index (χ1n) is 6.27. The number of benzene rings is 1. The van der Waals surface area contributed by atoms with Gasteiger partial charge >= 0.3 is 0 Å². The van der Waals surface area contributed by atoms with Crippen LogP contribution in [0, 0.1) is 18.6 Å². The SMILES string of the molecule is Cc1cc(F)c(F)cc1C(=O)N1CCCCC1C. The van der Waals surface area contributed by atoms with E-state index in [1.54, 1.807) is 11.8 Å². The maximum Gasteiger partial charge on any atom is 0.254 e. The summed E-state index contributed by atoms with van der Waals surface area (Å²) in [6.07, 6.45) is 3.05. The van der Waals surface area contributed by atoms with Gasteiger partial charge in [0.05, 0.1) is 0 Å². The number of carbonyl (C=O) groups excluding carboxylic acids is 1. The van der Waals surface area contributed by atoms with Gasteiger partial charge in [-0.2, -0.15) is 0 Å². The standard InChI is InChI=1S/C14H17F2NO/c1-9-7-12(15)13(16)8-11(9)14(18)17-6-4-3-5-10(17)2/h7-8,10H,3-6H2,1-2H3. The lowest BCUT2D eigenvalue weighted by atomic mass is 10.0. The van der Waals surface area contributed by atoms with Crippen molar-refractivity contribution >= 4 is 5.91 Å². The smallest absolute Gasteiger partial charge is 0.254 e. The highest BCUT2D eigenvalue weighted by molar-refractivity contribution is 5.95. The molecule has 1 amide bonds. The Labute approximate surface area is 106 Å². The molecule has 1 aromatic rings. The zero-order chi connectivity index (χ0) is 13.3. The van der Waals surface area contributed by atoms with Crippen LogP contribution >= 0.6 is 0 Å². The van der Waals surface area contributed by atoms with E-state index in [9.17, 15) is 13.6 Å². The number of hydrogen-bond acceptors (Lipinski definition) is 1. The number of rotatable bonds is 1. The van der Waals surface area contributed by atoms with Crippen LogP contribution in [0.3, 0.4) is 0 Å². The van der Waals surface area contributed by atoms with Crippen molar-refractivity contribution in [2.45, 2.75) is 39.2 Å². The first-order chi connectivity index (χ1) is 8.50.